The first-order chi connectivity index (χ1) is 12.8. The fourth-order valence-corrected chi connectivity index (χ4v) is 2.73. The first-order valence-corrected chi connectivity index (χ1v) is 8.16. The number of hydrogen-bond donors (Lipinski definition) is 1. The third kappa shape index (κ3) is 4.62. The van der Waals surface area contributed by atoms with Gasteiger partial charge in [-0.1, -0.05) is 41.9 Å². The van der Waals surface area contributed by atoms with E-state index in [0.717, 1.165) is 17.7 Å². The Hall–Kier alpha value is -2.94. The van der Waals surface area contributed by atoms with Crippen LogP contribution < -0.4 is 5.32 Å². The molecule has 1 aromatic heterocycles. The second kappa shape index (κ2) is 7.75. The SMILES string of the molecule is O=C(Nc1ccc(Cl)c(C(F)(F)F)c1)[C@H](Cc1ccccc1)n1cnnn1. The van der Waals surface area contributed by atoms with Gasteiger partial charge in [0, 0.05) is 12.1 Å². The van der Waals surface area contributed by atoms with Crippen molar-refractivity contribution in [1.82, 2.24) is 20.2 Å². The van der Waals surface area contributed by atoms with Gasteiger partial charge in [-0.2, -0.15) is 13.2 Å². The largest absolute Gasteiger partial charge is 0.417 e. The summed E-state index contributed by atoms with van der Waals surface area (Å²) in [6.45, 7) is 0. The molecule has 0 aliphatic rings. The first kappa shape index (κ1) is 18.8. The van der Waals surface area contributed by atoms with Crippen molar-refractivity contribution in [2.75, 3.05) is 5.32 Å². The highest BCUT2D eigenvalue weighted by Gasteiger charge is 2.33. The topological polar surface area (TPSA) is 72.7 Å². The van der Waals surface area contributed by atoms with E-state index in [9.17, 15) is 18.0 Å². The molecular formula is C17H13ClF3N5O. The Morgan fingerprint density at radius 1 is 1.19 bits per heavy atom. The van der Waals surface area contributed by atoms with E-state index in [1.807, 2.05) is 30.3 Å². The molecule has 140 valence electrons. The monoisotopic (exact) mass is 395 g/mol. The number of carbonyl (C=O) groups is 1. The Balaban J connectivity index is 1.85. The predicted octanol–water partition coefficient (Wildman–Crippen LogP) is 3.77. The molecule has 6 nitrogen and oxygen atoms in total. The summed E-state index contributed by atoms with van der Waals surface area (Å²) >= 11 is 5.61. The van der Waals surface area contributed by atoms with Crippen LogP contribution in [0.2, 0.25) is 5.02 Å². The summed E-state index contributed by atoms with van der Waals surface area (Å²) in [4.78, 5) is 12.7. The molecule has 0 radical (unpaired) electrons. The molecule has 0 unspecified atom stereocenters. The average molecular weight is 396 g/mol. The fraction of sp³-hybridized carbons (Fsp3) is 0.176. The third-order valence-corrected chi connectivity index (χ3v) is 4.13. The summed E-state index contributed by atoms with van der Waals surface area (Å²) < 4.78 is 40.3. The minimum Gasteiger partial charge on any atom is -0.324 e. The zero-order chi connectivity index (χ0) is 19.4. The highest BCUT2D eigenvalue weighted by molar-refractivity contribution is 6.31. The van der Waals surface area contributed by atoms with Crippen LogP contribution in [0.5, 0.6) is 0 Å². The van der Waals surface area contributed by atoms with Crippen molar-refractivity contribution in [3.05, 3.63) is 71.0 Å². The van der Waals surface area contributed by atoms with Gasteiger partial charge in [0.2, 0.25) is 5.91 Å². The van der Waals surface area contributed by atoms with E-state index < -0.39 is 28.7 Å². The number of hydrogen-bond acceptors (Lipinski definition) is 4. The average Bonchev–Trinajstić information content (AvgIpc) is 3.15. The van der Waals surface area contributed by atoms with E-state index in [1.54, 1.807) is 0 Å². The van der Waals surface area contributed by atoms with E-state index in [2.05, 4.69) is 20.8 Å². The molecule has 1 amide bonds. The smallest absolute Gasteiger partial charge is 0.324 e. The number of carbonyl (C=O) groups excluding carboxylic acids is 1. The van der Waals surface area contributed by atoms with Crippen molar-refractivity contribution in [2.45, 2.75) is 18.6 Å². The van der Waals surface area contributed by atoms with Crippen LogP contribution in [0.4, 0.5) is 18.9 Å². The summed E-state index contributed by atoms with van der Waals surface area (Å²) in [5, 5.41) is 12.8. The molecule has 3 aromatic rings. The molecule has 0 aliphatic carbocycles. The molecule has 27 heavy (non-hydrogen) atoms. The molecule has 10 heteroatoms. The zero-order valence-electron chi connectivity index (χ0n) is 13.7. The van der Waals surface area contributed by atoms with Crippen LogP contribution in [0.3, 0.4) is 0 Å². The Labute approximate surface area is 157 Å². The Morgan fingerprint density at radius 3 is 2.56 bits per heavy atom. The summed E-state index contributed by atoms with van der Waals surface area (Å²) in [5.74, 6) is -0.554. The predicted molar refractivity (Wildman–Crippen MR) is 92.1 cm³/mol. The zero-order valence-corrected chi connectivity index (χ0v) is 14.4. The number of tetrazole rings is 1. The number of anilines is 1. The van der Waals surface area contributed by atoms with Crippen molar-refractivity contribution < 1.29 is 18.0 Å². The van der Waals surface area contributed by atoms with Crippen molar-refractivity contribution in [3.63, 3.8) is 0 Å². The van der Waals surface area contributed by atoms with Crippen LogP contribution in [-0.4, -0.2) is 26.1 Å². The highest BCUT2D eigenvalue weighted by Crippen LogP contribution is 2.36. The molecule has 0 spiro atoms. The molecule has 0 fully saturated rings. The number of rotatable bonds is 5. The molecule has 3 rings (SSSR count). The van der Waals surface area contributed by atoms with Gasteiger partial charge in [-0.15, -0.1) is 5.10 Å². The van der Waals surface area contributed by atoms with Crippen LogP contribution >= 0.6 is 11.6 Å². The number of benzene rings is 2. The summed E-state index contributed by atoms with van der Waals surface area (Å²) in [6, 6.07) is 11.5. The minimum absolute atomic E-state index is 0.0251. The minimum atomic E-state index is -4.63. The summed E-state index contributed by atoms with van der Waals surface area (Å²) in [5.41, 5.74) is -0.202. The van der Waals surface area contributed by atoms with Crippen LogP contribution in [0.1, 0.15) is 17.2 Å². The fourth-order valence-electron chi connectivity index (χ4n) is 2.50. The Bertz CT molecular complexity index is 916. The molecule has 1 N–H and O–H groups in total. The van der Waals surface area contributed by atoms with Gasteiger partial charge >= 0.3 is 6.18 Å². The first-order valence-electron chi connectivity index (χ1n) is 7.78. The van der Waals surface area contributed by atoms with Crippen LogP contribution in [-0.2, 0) is 17.4 Å². The van der Waals surface area contributed by atoms with Crippen LogP contribution in [0, 0.1) is 0 Å². The van der Waals surface area contributed by atoms with Gasteiger partial charge < -0.3 is 5.32 Å². The number of halogens is 4. The third-order valence-electron chi connectivity index (χ3n) is 3.80. The molecule has 0 aliphatic heterocycles. The number of amides is 1. The van der Waals surface area contributed by atoms with Crippen molar-refractivity contribution in [1.29, 1.82) is 0 Å². The number of aromatic nitrogens is 4. The lowest BCUT2D eigenvalue weighted by Gasteiger charge is -2.17. The number of nitrogens with one attached hydrogen (secondary N) is 1. The van der Waals surface area contributed by atoms with Crippen molar-refractivity contribution >= 4 is 23.2 Å². The maximum atomic E-state index is 13.0. The standard InChI is InChI=1S/C17H13ClF3N5O/c18-14-7-6-12(9-13(14)17(19,20)21)23-16(27)15(26-10-22-24-25-26)8-11-4-2-1-3-5-11/h1-7,9-10,15H,8H2,(H,23,27)/t15-/m0/s1. The molecule has 0 bridgehead atoms. The molecule has 1 heterocycles. The number of alkyl halides is 3. The molecular weight excluding hydrogens is 383 g/mol. The maximum absolute atomic E-state index is 13.0. The van der Waals surface area contributed by atoms with Crippen LogP contribution in [0.15, 0.2) is 54.9 Å². The maximum Gasteiger partial charge on any atom is 0.417 e. The van der Waals surface area contributed by atoms with Crippen LogP contribution in [0.25, 0.3) is 0 Å². The normalized spacial score (nSPS) is 12.6. The lowest BCUT2D eigenvalue weighted by Crippen LogP contribution is -2.28. The van der Waals surface area contributed by atoms with Gasteiger partial charge in [0.25, 0.3) is 0 Å². The van der Waals surface area contributed by atoms with E-state index in [4.69, 9.17) is 11.6 Å². The quantitative estimate of drug-likeness (QED) is 0.713. The van der Waals surface area contributed by atoms with Gasteiger partial charge in [0.05, 0.1) is 10.6 Å². The van der Waals surface area contributed by atoms with Crippen molar-refractivity contribution in [2.24, 2.45) is 0 Å². The Kier molecular flexibility index (Phi) is 5.41. The van der Waals surface area contributed by atoms with E-state index >= 15 is 0 Å². The second-order valence-electron chi connectivity index (χ2n) is 5.68. The lowest BCUT2D eigenvalue weighted by atomic mass is 10.1. The number of nitrogens with zero attached hydrogens (tertiary/aromatic N) is 4. The molecule has 0 saturated heterocycles. The summed E-state index contributed by atoms with van der Waals surface area (Å²) in [6.07, 6.45) is -3.09. The lowest BCUT2D eigenvalue weighted by molar-refractivity contribution is -0.137. The van der Waals surface area contributed by atoms with Gasteiger partial charge in [-0.25, -0.2) is 4.68 Å². The van der Waals surface area contributed by atoms with Gasteiger partial charge in [0.1, 0.15) is 12.4 Å². The van der Waals surface area contributed by atoms with Gasteiger partial charge in [-0.3, -0.25) is 4.79 Å². The van der Waals surface area contributed by atoms with E-state index in [-0.39, 0.29) is 12.1 Å². The van der Waals surface area contributed by atoms with Gasteiger partial charge in [-0.05, 0) is 34.2 Å². The molecule has 1 atom stereocenters. The van der Waals surface area contributed by atoms with Crippen molar-refractivity contribution in [3.8, 4) is 0 Å². The highest BCUT2D eigenvalue weighted by atomic mass is 35.5. The van der Waals surface area contributed by atoms with E-state index in [1.165, 1.54) is 17.1 Å². The Morgan fingerprint density at radius 2 is 1.93 bits per heavy atom. The van der Waals surface area contributed by atoms with E-state index in [0.29, 0.717) is 0 Å². The molecule has 0 saturated carbocycles. The van der Waals surface area contributed by atoms with Gasteiger partial charge in [0.15, 0.2) is 0 Å². The molecule has 2 aromatic carbocycles. The second-order valence-corrected chi connectivity index (χ2v) is 6.08. The summed E-state index contributed by atoms with van der Waals surface area (Å²) in [7, 11) is 0.